The number of ether oxygens (including phenoxy) is 2. The first-order chi connectivity index (χ1) is 18.1. The van der Waals surface area contributed by atoms with Crippen LogP contribution in [0.4, 0.5) is 5.69 Å². The van der Waals surface area contributed by atoms with Gasteiger partial charge in [0.25, 0.3) is 11.1 Å². The van der Waals surface area contributed by atoms with E-state index in [1.807, 2.05) is 24.3 Å². The Hall–Kier alpha value is -3.30. The molecule has 3 aromatic carbocycles. The topological polar surface area (TPSA) is 71.3 Å². The number of aromatic nitrogens is 2. The number of hydrogen-bond donors (Lipinski definition) is 2. The van der Waals surface area contributed by atoms with Gasteiger partial charge in [-0.1, -0.05) is 24.3 Å². The van der Waals surface area contributed by atoms with E-state index in [4.69, 9.17) is 9.47 Å². The third kappa shape index (κ3) is 6.31. The monoisotopic (exact) mass is 572 g/mol. The summed E-state index contributed by atoms with van der Waals surface area (Å²) in [5.41, 5.74) is 1.53. The Labute approximate surface area is 240 Å². The molecule has 208 valence electrons. The van der Waals surface area contributed by atoms with Crippen LogP contribution in [0.2, 0.25) is 0 Å². The van der Waals surface area contributed by atoms with Crippen LogP contribution in [0.1, 0.15) is 6.42 Å². The second-order valence-corrected chi connectivity index (χ2v) is 9.45. The Kier molecular flexibility index (Phi) is 10.6. The molecule has 8 nitrogen and oxygen atoms in total. The molecule has 0 spiro atoms. The number of rotatable bonds is 8. The largest absolute Gasteiger partial charge is 1.00 e. The summed E-state index contributed by atoms with van der Waals surface area (Å²) in [7, 11) is 3.33. The quantitative estimate of drug-likeness (QED) is 0.221. The van der Waals surface area contributed by atoms with Crippen molar-refractivity contribution in [2.75, 3.05) is 46.9 Å². The SMILES string of the molecule is COc1ccc(-n2c(=O)c3ccccc3c(=O)n2CCC[NH+]2CC[NH+](c3ccccc3OC)CC2)cc1.[Cl-].[Cl-]. The van der Waals surface area contributed by atoms with E-state index < -0.39 is 0 Å². The summed E-state index contributed by atoms with van der Waals surface area (Å²) in [5, 5.41) is 0.888. The number of quaternary nitrogens is 2. The molecule has 0 atom stereocenters. The first kappa shape index (κ1) is 30.2. The van der Waals surface area contributed by atoms with Crippen LogP contribution in [0, 0.1) is 0 Å². The highest BCUT2D eigenvalue weighted by molar-refractivity contribution is 5.80. The van der Waals surface area contributed by atoms with Crippen molar-refractivity contribution in [3.05, 3.63) is 93.5 Å². The predicted octanol–water partition coefficient (Wildman–Crippen LogP) is -5.32. The smallest absolute Gasteiger partial charge is 0.278 e. The van der Waals surface area contributed by atoms with Gasteiger partial charge < -0.3 is 39.2 Å². The second-order valence-electron chi connectivity index (χ2n) is 9.45. The lowest BCUT2D eigenvalue weighted by molar-refractivity contribution is -0.986. The Morgan fingerprint density at radius 1 is 0.744 bits per heavy atom. The summed E-state index contributed by atoms with van der Waals surface area (Å²) in [6.07, 6.45) is 0.799. The van der Waals surface area contributed by atoms with E-state index in [0.29, 0.717) is 28.8 Å². The highest BCUT2D eigenvalue weighted by atomic mass is 35.5. The van der Waals surface area contributed by atoms with Gasteiger partial charge in [-0.05, 0) is 42.5 Å². The van der Waals surface area contributed by atoms with E-state index in [2.05, 4.69) is 12.1 Å². The predicted molar refractivity (Wildman–Crippen MR) is 144 cm³/mol. The number of benzene rings is 3. The van der Waals surface area contributed by atoms with Crippen LogP contribution in [0.25, 0.3) is 16.5 Å². The Bertz CT molecular complexity index is 1500. The number of methoxy groups -OCH3 is 2. The van der Waals surface area contributed by atoms with Crippen molar-refractivity contribution < 1.29 is 44.1 Å². The summed E-state index contributed by atoms with van der Waals surface area (Å²) in [6.45, 7) is 5.56. The van der Waals surface area contributed by atoms with Crippen molar-refractivity contribution in [2.45, 2.75) is 13.0 Å². The zero-order chi connectivity index (χ0) is 25.8. The van der Waals surface area contributed by atoms with Crippen molar-refractivity contribution in [3.63, 3.8) is 0 Å². The molecule has 2 N–H and O–H groups in total. The Morgan fingerprint density at radius 2 is 1.36 bits per heavy atom. The van der Waals surface area contributed by atoms with Gasteiger partial charge in [0, 0.05) is 19.0 Å². The third-order valence-corrected chi connectivity index (χ3v) is 7.32. The van der Waals surface area contributed by atoms with Gasteiger partial charge in [-0.3, -0.25) is 14.5 Å². The second kappa shape index (κ2) is 13.7. The van der Waals surface area contributed by atoms with Crippen molar-refractivity contribution in [1.29, 1.82) is 0 Å². The van der Waals surface area contributed by atoms with Gasteiger partial charge in [0.1, 0.15) is 31.9 Å². The molecule has 0 bridgehead atoms. The van der Waals surface area contributed by atoms with Gasteiger partial charge in [-0.2, -0.15) is 0 Å². The van der Waals surface area contributed by atoms with E-state index in [9.17, 15) is 9.59 Å². The first-order valence-electron chi connectivity index (χ1n) is 12.8. The van der Waals surface area contributed by atoms with Crippen LogP contribution in [0.5, 0.6) is 11.5 Å². The molecule has 0 aliphatic carbocycles. The average molecular weight is 574 g/mol. The van der Waals surface area contributed by atoms with E-state index in [0.717, 1.165) is 44.9 Å². The lowest BCUT2D eigenvalue weighted by Crippen LogP contribution is -3.26. The van der Waals surface area contributed by atoms with Gasteiger partial charge in [-0.25, -0.2) is 9.36 Å². The molecule has 4 aromatic rings. The van der Waals surface area contributed by atoms with E-state index in [-0.39, 0.29) is 35.9 Å². The number of halogens is 2. The normalized spacial score (nSPS) is 16.7. The minimum absolute atomic E-state index is 0. The van der Waals surface area contributed by atoms with Gasteiger partial charge in [-0.15, -0.1) is 0 Å². The number of piperazine rings is 1. The van der Waals surface area contributed by atoms with Gasteiger partial charge in [0.2, 0.25) is 0 Å². The number of fused-ring (bicyclic) bond motifs is 1. The molecule has 1 saturated heterocycles. The summed E-state index contributed by atoms with van der Waals surface area (Å²) in [6, 6.07) is 22.5. The molecule has 1 aliphatic heterocycles. The highest BCUT2D eigenvalue weighted by Gasteiger charge is 2.26. The maximum absolute atomic E-state index is 13.5. The van der Waals surface area contributed by atoms with Gasteiger partial charge in [0.15, 0.2) is 11.4 Å². The minimum atomic E-state index is -0.193. The first-order valence-corrected chi connectivity index (χ1v) is 12.8. The summed E-state index contributed by atoms with van der Waals surface area (Å²) < 4.78 is 13.9. The fourth-order valence-electron chi connectivity index (χ4n) is 5.33. The van der Waals surface area contributed by atoms with E-state index in [1.54, 1.807) is 55.3 Å². The highest BCUT2D eigenvalue weighted by Crippen LogP contribution is 2.19. The summed E-state index contributed by atoms with van der Waals surface area (Å²) in [4.78, 5) is 30.0. The number of para-hydroxylation sites is 2. The molecule has 0 radical (unpaired) electrons. The zero-order valence-corrected chi connectivity index (χ0v) is 23.7. The Morgan fingerprint density at radius 3 is 2.00 bits per heavy atom. The molecule has 0 unspecified atom stereocenters. The fraction of sp³-hybridized carbons (Fsp3) is 0.310. The van der Waals surface area contributed by atoms with Crippen LogP contribution >= 0.6 is 0 Å². The van der Waals surface area contributed by atoms with Gasteiger partial charge in [0.05, 0.1) is 37.2 Å². The lowest BCUT2D eigenvalue weighted by Gasteiger charge is -2.30. The summed E-state index contributed by atoms with van der Waals surface area (Å²) in [5.74, 6) is 1.64. The summed E-state index contributed by atoms with van der Waals surface area (Å²) >= 11 is 0. The molecular weight excluding hydrogens is 539 g/mol. The van der Waals surface area contributed by atoms with E-state index in [1.165, 1.54) is 20.2 Å². The van der Waals surface area contributed by atoms with Crippen LogP contribution in [-0.4, -0.2) is 56.3 Å². The molecule has 10 heteroatoms. The van der Waals surface area contributed by atoms with E-state index >= 15 is 0 Å². The van der Waals surface area contributed by atoms with Crippen LogP contribution in [0.15, 0.2) is 82.4 Å². The van der Waals surface area contributed by atoms with Crippen molar-refractivity contribution in [1.82, 2.24) is 9.36 Å². The standard InChI is InChI=1S/C29H32N4O4.2ClH/c1-36-23-14-12-22(13-15-23)33-29(35)25-9-4-3-8-24(25)28(34)32(33)17-7-16-30-18-20-31(21-19-30)26-10-5-6-11-27(26)37-2;;/h3-6,8-15H,7,16-21H2,1-2H3;2*1H. The van der Waals surface area contributed by atoms with Crippen molar-refractivity contribution >= 4 is 16.5 Å². The van der Waals surface area contributed by atoms with Crippen molar-refractivity contribution in [2.24, 2.45) is 0 Å². The molecule has 1 fully saturated rings. The average Bonchev–Trinajstić information content (AvgIpc) is 2.96. The maximum Gasteiger partial charge on any atom is 0.278 e. The molecule has 5 rings (SSSR count). The maximum atomic E-state index is 13.5. The minimum Gasteiger partial charge on any atom is -1.00 e. The number of hydrogen-bond acceptors (Lipinski definition) is 4. The zero-order valence-electron chi connectivity index (χ0n) is 22.2. The molecule has 1 aromatic heterocycles. The molecular formula is C29H34Cl2N4O4. The third-order valence-electron chi connectivity index (χ3n) is 7.32. The molecule has 39 heavy (non-hydrogen) atoms. The van der Waals surface area contributed by atoms with Crippen LogP contribution < -0.4 is 55.2 Å². The molecule has 0 saturated carbocycles. The van der Waals surface area contributed by atoms with Crippen LogP contribution in [0.3, 0.4) is 0 Å². The Balaban J connectivity index is 0.00000210. The fourth-order valence-corrected chi connectivity index (χ4v) is 5.33. The number of nitrogens with zero attached hydrogens (tertiary/aromatic N) is 2. The molecule has 0 amide bonds. The van der Waals surface area contributed by atoms with Gasteiger partial charge >= 0.3 is 0 Å². The molecule has 1 aliphatic rings. The number of nitrogens with one attached hydrogen (secondary N) is 2. The van der Waals surface area contributed by atoms with Crippen molar-refractivity contribution in [3.8, 4) is 17.2 Å². The molecule has 2 heterocycles. The van der Waals surface area contributed by atoms with Crippen LogP contribution in [-0.2, 0) is 6.54 Å². The lowest BCUT2D eigenvalue weighted by atomic mass is 10.2.